The fraction of sp³-hybridized carbons (Fsp3) is 0.611. The number of nitrogens with one attached hydrogen (secondary N) is 1. The van der Waals surface area contributed by atoms with Crippen molar-refractivity contribution in [3.05, 3.63) is 23.8 Å². The van der Waals surface area contributed by atoms with Crippen LogP contribution < -0.4 is 11.1 Å². The number of nitrogens with two attached hydrogens (primary N) is 1. The molecule has 2 atom stereocenters. The summed E-state index contributed by atoms with van der Waals surface area (Å²) in [7, 11) is 0. The van der Waals surface area contributed by atoms with Gasteiger partial charge in [-0.2, -0.15) is 0 Å². The number of hydrogen-bond acceptors (Lipinski definition) is 3. The van der Waals surface area contributed by atoms with E-state index < -0.39 is 0 Å². The van der Waals surface area contributed by atoms with Gasteiger partial charge in [0.05, 0.1) is 6.04 Å². The van der Waals surface area contributed by atoms with Gasteiger partial charge in [-0.25, -0.2) is 0 Å². The van der Waals surface area contributed by atoms with Gasteiger partial charge in [-0.05, 0) is 56.8 Å². The summed E-state index contributed by atoms with van der Waals surface area (Å²) in [5, 5.41) is 3.04. The van der Waals surface area contributed by atoms with Gasteiger partial charge in [0, 0.05) is 17.4 Å². The van der Waals surface area contributed by atoms with E-state index in [9.17, 15) is 4.79 Å². The molecular weight excluding hydrogens is 274 g/mol. The topological polar surface area (TPSA) is 58.4 Å². The molecule has 1 aliphatic heterocycles. The lowest BCUT2D eigenvalue weighted by atomic mass is 9.99. The lowest BCUT2D eigenvalue weighted by Crippen LogP contribution is -2.50. The summed E-state index contributed by atoms with van der Waals surface area (Å²) >= 11 is 0. The predicted octanol–water partition coefficient (Wildman–Crippen LogP) is 3.42. The Balaban J connectivity index is 2.07. The molecule has 0 saturated carbocycles. The number of nitrogens with zero attached hydrogens (tertiary/aromatic N) is 1. The zero-order valence-electron chi connectivity index (χ0n) is 14.1. The molecule has 1 aromatic rings. The average Bonchev–Trinajstić information content (AvgIpc) is 2.50. The van der Waals surface area contributed by atoms with E-state index >= 15 is 0 Å². The van der Waals surface area contributed by atoms with Crippen LogP contribution in [0.2, 0.25) is 0 Å². The van der Waals surface area contributed by atoms with Crippen molar-refractivity contribution in [2.24, 2.45) is 0 Å². The highest BCUT2D eigenvalue weighted by molar-refractivity contribution is 5.95. The third-order valence-corrected chi connectivity index (χ3v) is 4.74. The third kappa shape index (κ3) is 3.80. The Bertz CT molecular complexity index is 515. The number of hydrogen-bond donors (Lipinski definition) is 2. The lowest BCUT2D eigenvalue weighted by Gasteiger charge is -2.38. The third-order valence-electron chi connectivity index (χ3n) is 4.74. The molecule has 4 nitrogen and oxygen atoms in total. The predicted molar refractivity (Wildman–Crippen MR) is 93.0 cm³/mol. The molecule has 1 aliphatic rings. The Hall–Kier alpha value is -1.55. The van der Waals surface area contributed by atoms with Crippen molar-refractivity contribution in [3.63, 3.8) is 0 Å². The Morgan fingerprint density at radius 2 is 2.18 bits per heavy atom. The molecule has 2 unspecified atom stereocenters. The van der Waals surface area contributed by atoms with Gasteiger partial charge in [0.25, 0.3) is 0 Å². The quantitative estimate of drug-likeness (QED) is 0.819. The largest absolute Gasteiger partial charge is 0.398 e. The molecule has 3 N–H and O–H groups in total. The van der Waals surface area contributed by atoms with Crippen LogP contribution in [0.15, 0.2) is 18.2 Å². The van der Waals surface area contributed by atoms with Crippen LogP contribution in [0.4, 0.5) is 11.4 Å². The van der Waals surface area contributed by atoms with Gasteiger partial charge in [0.15, 0.2) is 0 Å². The first-order chi connectivity index (χ1) is 10.6. The number of anilines is 2. The number of carbonyl (C=O) groups is 1. The van der Waals surface area contributed by atoms with Crippen molar-refractivity contribution in [2.75, 3.05) is 17.6 Å². The second-order valence-electron chi connectivity index (χ2n) is 6.26. The first-order valence-electron chi connectivity index (χ1n) is 8.51. The fourth-order valence-corrected chi connectivity index (χ4v) is 3.37. The number of likely N-dealkylation sites (tertiary alicyclic amines) is 1. The van der Waals surface area contributed by atoms with Crippen molar-refractivity contribution in [1.29, 1.82) is 0 Å². The van der Waals surface area contributed by atoms with Gasteiger partial charge in [0.1, 0.15) is 0 Å². The maximum absolute atomic E-state index is 12.7. The summed E-state index contributed by atoms with van der Waals surface area (Å²) in [6, 6.07) is 6.23. The summed E-state index contributed by atoms with van der Waals surface area (Å²) in [5.41, 5.74) is 8.68. The minimum atomic E-state index is -0.0534. The maximum Gasteiger partial charge on any atom is 0.241 e. The van der Waals surface area contributed by atoms with E-state index in [1.807, 2.05) is 18.2 Å². The van der Waals surface area contributed by atoms with Crippen LogP contribution in [0, 0.1) is 0 Å². The number of carbonyl (C=O) groups excluding carboxylic acids is 1. The minimum Gasteiger partial charge on any atom is -0.398 e. The highest BCUT2D eigenvalue weighted by Gasteiger charge is 2.29. The first kappa shape index (κ1) is 16.8. The zero-order chi connectivity index (χ0) is 16.1. The van der Waals surface area contributed by atoms with Crippen molar-refractivity contribution in [3.8, 4) is 0 Å². The van der Waals surface area contributed by atoms with E-state index in [2.05, 4.69) is 31.0 Å². The maximum atomic E-state index is 12.7. The highest BCUT2D eigenvalue weighted by atomic mass is 16.2. The molecule has 1 fully saturated rings. The van der Waals surface area contributed by atoms with E-state index in [1.165, 1.54) is 19.3 Å². The molecule has 1 heterocycles. The molecule has 0 bridgehead atoms. The normalized spacial score (nSPS) is 20.6. The van der Waals surface area contributed by atoms with Crippen LogP contribution in [-0.2, 0) is 11.2 Å². The van der Waals surface area contributed by atoms with E-state index in [-0.39, 0.29) is 11.9 Å². The smallest absolute Gasteiger partial charge is 0.241 e. The van der Waals surface area contributed by atoms with Gasteiger partial charge < -0.3 is 11.1 Å². The van der Waals surface area contributed by atoms with Crippen molar-refractivity contribution in [1.82, 2.24) is 4.90 Å². The number of piperidine rings is 1. The van der Waals surface area contributed by atoms with E-state index in [0.717, 1.165) is 36.3 Å². The van der Waals surface area contributed by atoms with Gasteiger partial charge in [-0.1, -0.05) is 26.3 Å². The standard InChI is InChI=1S/C18H29N3O/c1-4-14-9-10-15(12-16(14)19)20-18(22)17(5-2)21-11-7-6-8-13(21)3/h9-10,12-13,17H,4-8,11,19H2,1-3H3,(H,20,22). The Morgan fingerprint density at radius 1 is 1.41 bits per heavy atom. The number of amides is 1. The second-order valence-corrected chi connectivity index (χ2v) is 6.26. The minimum absolute atomic E-state index is 0.0534. The second kappa shape index (κ2) is 7.63. The summed E-state index contributed by atoms with van der Waals surface area (Å²) in [6.07, 6.45) is 5.38. The van der Waals surface area contributed by atoms with Crippen LogP contribution in [0.5, 0.6) is 0 Å². The number of rotatable bonds is 5. The molecule has 2 rings (SSSR count). The van der Waals surface area contributed by atoms with Crippen LogP contribution in [0.25, 0.3) is 0 Å². The molecular formula is C18H29N3O. The van der Waals surface area contributed by atoms with E-state index in [1.54, 1.807) is 0 Å². The summed E-state index contributed by atoms with van der Waals surface area (Å²) < 4.78 is 0. The lowest BCUT2D eigenvalue weighted by molar-refractivity contribution is -0.122. The molecule has 1 amide bonds. The summed E-state index contributed by atoms with van der Waals surface area (Å²) in [6.45, 7) is 7.40. The molecule has 0 aliphatic carbocycles. The molecule has 0 aromatic heterocycles. The number of aryl methyl sites for hydroxylation is 1. The van der Waals surface area contributed by atoms with Gasteiger partial charge >= 0.3 is 0 Å². The molecule has 22 heavy (non-hydrogen) atoms. The van der Waals surface area contributed by atoms with Crippen LogP contribution in [-0.4, -0.2) is 29.4 Å². The highest BCUT2D eigenvalue weighted by Crippen LogP contribution is 2.23. The van der Waals surface area contributed by atoms with Crippen LogP contribution >= 0.6 is 0 Å². The molecule has 1 aromatic carbocycles. The zero-order valence-corrected chi connectivity index (χ0v) is 14.1. The molecule has 0 spiro atoms. The fourth-order valence-electron chi connectivity index (χ4n) is 3.37. The van der Waals surface area contributed by atoms with Crippen molar-refractivity contribution >= 4 is 17.3 Å². The average molecular weight is 303 g/mol. The van der Waals surface area contributed by atoms with Gasteiger partial charge in [-0.15, -0.1) is 0 Å². The van der Waals surface area contributed by atoms with Gasteiger partial charge in [0.2, 0.25) is 5.91 Å². The SMILES string of the molecule is CCc1ccc(NC(=O)C(CC)N2CCCCC2C)cc1N. The van der Waals surface area contributed by atoms with E-state index in [0.29, 0.717) is 6.04 Å². The summed E-state index contributed by atoms with van der Waals surface area (Å²) in [4.78, 5) is 15.0. The Morgan fingerprint density at radius 3 is 2.77 bits per heavy atom. The Labute approximate surface area is 134 Å². The molecule has 1 saturated heterocycles. The van der Waals surface area contributed by atoms with E-state index in [4.69, 9.17) is 5.73 Å². The monoisotopic (exact) mass is 303 g/mol. The number of benzene rings is 1. The van der Waals surface area contributed by atoms with Crippen LogP contribution in [0.3, 0.4) is 0 Å². The summed E-state index contributed by atoms with van der Waals surface area (Å²) in [5.74, 6) is 0.0832. The van der Waals surface area contributed by atoms with Crippen LogP contribution in [0.1, 0.15) is 52.0 Å². The Kier molecular flexibility index (Phi) is 5.83. The van der Waals surface area contributed by atoms with Crippen molar-refractivity contribution in [2.45, 2.75) is 65.0 Å². The van der Waals surface area contributed by atoms with Crippen molar-refractivity contribution < 1.29 is 4.79 Å². The first-order valence-corrected chi connectivity index (χ1v) is 8.51. The molecule has 122 valence electrons. The molecule has 0 radical (unpaired) electrons. The molecule has 4 heteroatoms. The van der Waals surface area contributed by atoms with Gasteiger partial charge in [-0.3, -0.25) is 9.69 Å². The number of nitrogen functional groups attached to an aromatic ring is 1.